The summed E-state index contributed by atoms with van der Waals surface area (Å²) in [6.45, 7) is 1.81. The van der Waals surface area contributed by atoms with Gasteiger partial charge in [-0.25, -0.2) is 4.79 Å². The average Bonchev–Trinajstić information content (AvgIpc) is 3.08. The molecule has 0 saturated carbocycles. The summed E-state index contributed by atoms with van der Waals surface area (Å²) in [5, 5.41) is 11.0. The summed E-state index contributed by atoms with van der Waals surface area (Å²) in [6.07, 6.45) is 13.2. The molecule has 2 aliphatic carbocycles. The zero-order valence-corrected chi connectivity index (χ0v) is 11.5. The van der Waals surface area contributed by atoms with E-state index in [0.29, 0.717) is 0 Å². The third-order valence-electron chi connectivity index (χ3n) is 3.87. The third kappa shape index (κ3) is 3.16. The number of ether oxygens (including phenoxy) is 1. The van der Waals surface area contributed by atoms with Crippen molar-refractivity contribution in [2.45, 2.75) is 51.0 Å². The molecule has 0 unspecified atom stereocenters. The fourth-order valence-corrected chi connectivity index (χ4v) is 2.84. The van der Waals surface area contributed by atoms with Crippen LogP contribution in [0.2, 0.25) is 0 Å². The molecule has 0 bridgehead atoms. The van der Waals surface area contributed by atoms with Crippen LogP contribution in [0, 0.1) is 0 Å². The van der Waals surface area contributed by atoms with E-state index in [1.165, 1.54) is 6.08 Å². The van der Waals surface area contributed by atoms with E-state index in [2.05, 4.69) is 12.2 Å². The fourth-order valence-electron chi connectivity index (χ4n) is 2.84. The molecule has 0 amide bonds. The summed E-state index contributed by atoms with van der Waals surface area (Å²) < 4.78 is 5.22. The first-order chi connectivity index (χ1) is 9.16. The second kappa shape index (κ2) is 6.20. The Labute approximate surface area is 114 Å². The van der Waals surface area contributed by atoms with E-state index in [9.17, 15) is 9.90 Å². The van der Waals surface area contributed by atoms with Crippen molar-refractivity contribution >= 4 is 5.97 Å². The molecule has 3 heteroatoms. The lowest BCUT2D eigenvalue weighted by Gasteiger charge is -2.31. The first kappa shape index (κ1) is 14.1. The SMILES string of the molecule is CC=CC(=O)OCC(O)(C1=CCCC1)C1=CCCC1. The Morgan fingerprint density at radius 2 is 1.89 bits per heavy atom. The number of esters is 1. The molecule has 104 valence electrons. The quantitative estimate of drug-likeness (QED) is 0.470. The second-order valence-corrected chi connectivity index (χ2v) is 5.21. The van der Waals surface area contributed by atoms with Gasteiger partial charge in [0.2, 0.25) is 0 Å². The largest absolute Gasteiger partial charge is 0.459 e. The van der Waals surface area contributed by atoms with Gasteiger partial charge < -0.3 is 9.84 Å². The third-order valence-corrected chi connectivity index (χ3v) is 3.87. The molecule has 1 N–H and O–H groups in total. The maximum Gasteiger partial charge on any atom is 0.330 e. The van der Waals surface area contributed by atoms with Crippen LogP contribution in [0.25, 0.3) is 0 Å². The van der Waals surface area contributed by atoms with E-state index < -0.39 is 11.6 Å². The van der Waals surface area contributed by atoms with Crippen LogP contribution in [0.4, 0.5) is 0 Å². The van der Waals surface area contributed by atoms with Gasteiger partial charge in [0.05, 0.1) is 0 Å². The number of carbonyl (C=O) groups excluding carboxylic acids is 1. The highest BCUT2D eigenvalue weighted by molar-refractivity contribution is 5.81. The van der Waals surface area contributed by atoms with Gasteiger partial charge in [-0.05, 0) is 56.6 Å². The lowest BCUT2D eigenvalue weighted by atomic mass is 9.85. The number of aliphatic hydroxyl groups is 1. The summed E-state index contributed by atoms with van der Waals surface area (Å²) in [5.41, 5.74) is 0.979. The molecule has 0 aromatic rings. The summed E-state index contributed by atoms with van der Waals surface area (Å²) >= 11 is 0. The molecular formula is C16H22O3. The summed E-state index contributed by atoms with van der Waals surface area (Å²) in [4.78, 5) is 11.5. The summed E-state index contributed by atoms with van der Waals surface area (Å²) in [6, 6.07) is 0. The first-order valence-corrected chi connectivity index (χ1v) is 7.07. The van der Waals surface area contributed by atoms with E-state index >= 15 is 0 Å². The topological polar surface area (TPSA) is 46.5 Å². The molecule has 0 aliphatic heterocycles. The van der Waals surface area contributed by atoms with Crippen LogP contribution in [0.3, 0.4) is 0 Å². The fraction of sp³-hybridized carbons (Fsp3) is 0.562. The predicted octanol–water partition coefficient (Wildman–Crippen LogP) is 3.06. The Hall–Kier alpha value is -1.35. The van der Waals surface area contributed by atoms with Crippen LogP contribution in [-0.2, 0) is 9.53 Å². The molecule has 0 heterocycles. The van der Waals surface area contributed by atoms with Gasteiger partial charge in [0, 0.05) is 6.08 Å². The van der Waals surface area contributed by atoms with Gasteiger partial charge >= 0.3 is 5.97 Å². The van der Waals surface area contributed by atoms with Crippen molar-refractivity contribution in [3.8, 4) is 0 Å². The zero-order valence-electron chi connectivity index (χ0n) is 11.5. The van der Waals surface area contributed by atoms with Gasteiger partial charge in [0.15, 0.2) is 0 Å². The van der Waals surface area contributed by atoms with Gasteiger partial charge in [-0.1, -0.05) is 18.2 Å². The van der Waals surface area contributed by atoms with E-state index in [4.69, 9.17) is 4.74 Å². The van der Waals surface area contributed by atoms with Crippen molar-refractivity contribution in [1.29, 1.82) is 0 Å². The molecule has 0 fully saturated rings. The molecule has 0 atom stereocenters. The van der Waals surface area contributed by atoms with Crippen molar-refractivity contribution in [3.05, 3.63) is 35.5 Å². The maximum atomic E-state index is 11.5. The highest BCUT2D eigenvalue weighted by atomic mass is 16.5. The number of hydrogen-bond acceptors (Lipinski definition) is 3. The minimum absolute atomic E-state index is 0.0356. The van der Waals surface area contributed by atoms with E-state index in [0.717, 1.165) is 49.7 Å². The highest BCUT2D eigenvalue weighted by Gasteiger charge is 2.38. The molecular weight excluding hydrogens is 240 g/mol. The van der Waals surface area contributed by atoms with Crippen molar-refractivity contribution in [3.63, 3.8) is 0 Å². The minimum Gasteiger partial charge on any atom is -0.459 e. The van der Waals surface area contributed by atoms with E-state index in [-0.39, 0.29) is 6.61 Å². The Kier molecular flexibility index (Phi) is 4.59. The smallest absolute Gasteiger partial charge is 0.330 e. The van der Waals surface area contributed by atoms with Crippen LogP contribution in [-0.4, -0.2) is 23.3 Å². The van der Waals surface area contributed by atoms with Gasteiger partial charge in [-0.2, -0.15) is 0 Å². The Morgan fingerprint density at radius 1 is 1.32 bits per heavy atom. The molecule has 0 radical (unpaired) electrons. The zero-order chi connectivity index (χ0) is 13.7. The molecule has 19 heavy (non-hydrogen) atoms. The standard InChI is InChI=1S/C16H22O3/c1-2-7-15(17)19-12-16(18,13-8-3-4-9-13)14-10-5-6-11-14/h2,7-8,10,18H,3-6,9,11-12H2,1H3. The van der Waals surface area contributed by atoms with E-state index in [1.54, 1.807) is 13.0 Å². The number of allylic oxidation sites excluding steroid dienone is 3. The molecule has 0 aromatic carbocycles. The van der Waals surface area contributed by atoms with Crippen LogP contribution in [0.15, 0.2) is 35.5 Å². The molecule has 2 rings (SSSR count). The Balaban J connectivity index is 2.12. The van der Waals surface area contributed by atoms with Crippen molar-refractivity contribution < 1.29 is 14.6 Å². The number of rotatable bonds is 5. The Bertz CT molecular complexity index is 405. The van der Waals surface area contributed by atoms with Crippen LogP contribution < -0.4 is 0 Å². The monoisotopic (exact) mass is 262 g/mol. The second-order valence-electron chi connectivity index (χ2n) is 5.21. The predicted molar refractivity (Wildman–Crippen MR) is 74.6 cm³/mol. The van der Waals surface area contributed by atoms with Gasteiger partial charge in [0.25, 0.3) is 0 Å². The molecule has 2 aliphatic rings. The molecule has 0 aromatic heterocycles. The lowest BCUT2D eigenvalue weighted by Crippen LogP contribution is -2.39. The van der Waals surface area contributed by atoms with Crippen molar-refractivity contribution in [1.82, 2.24) is 0 Å². The summed E-state index contributed by atoms with van der Waals surface area (Å²) in [7, 11) is 0. The first-order valence-electron chi connectivity index (χ1n) is 7.07. The maximum absolute atomic E-state index is 11.5. The lowest BCUT2D eigenvalue weighted by molar-refractivity contribution is -0.142. The summed E-state index contributed by atoms with van der Waals surface area (Å²) in [5.74, 6) is -0.391. The van der Waals surface area contributed by atoms with Crippen LogP contribution >= 0.6 is 0 Å². The van der Waals surface area contributed by atoms with E-state index in [1.807, 2.05) is 0 Å². The van der Waals surface area contributed by atoms with Crippen molar-refractivity contribution in [2.75, 3.05) is 6.61 Å². The Morgan fingerprint density at radius 3 is 2.32 bits per heavy atom. The molecule has 0 saturated heterocycles. The van der Waals surface area contributed by atoms with Gasteiger partial charge in [-0.3, -0.25) is 0 Å². The minimum atomic E-state index is -1.07. The van der Waals surface area contributed by atoms with Gasteiger partial charge in [0.1, 0.15) is 12.2 Å². The molecule has 0 spiro atoms. The average molecular weight is 262 g/mol. The normalized spacial score (nSPS) is 19.7. The van der Waals surface area contributed by atoms with Crippen molar-refractivity contribution in [2.24, 2.45) is 0 Å². The highest BCUT2D eigenvalue weighted by Crippen LogP contribution is 2.38. The molecule has 3 nitrogen and oxygen atoms in total. The number of hydrogen-bond donors (Lipinski definition) is 1. The number of carbonyl (C=O) groups is 1. The van der Waals surface area contributed by atoms with Crippen LogP contribution in [0.1, 0.15) is 45.4 Å². The van der Waals surface area contributed by atoms with Gasteiger partial charge in [-0.15, -0.1) is 0 Å². The van der Waals surface area contributed by atoms with Crippen LogP contribution in [0.5, 0.6) is 0 Å².